The molecule has 0 saturated carbocycles. The number of carbonyl (C=O) groups is 2. The monoisotopic (exact) mass is 451 g/mol. The first-order valence-corrected chi connectivity index (χ1v) is 11.7. The van der Waals surface area contributed by atoms with E-state index in [1.54, 1.807) is 12.1 Å². The molecule has 8 heteroatoms. The number of benzene rings is 2. The van der Waals surface area contributed by atoms with E-state index in [9.17, 15) is 9.59 Å². The number of thioether (sulfide) groups is 1. The van der Waals surface area contributed by atoms with Crippen molar-refractivity contribution >= 4 is 29.3 Å². The molecule has 7 nitrogen and oxygen atoms in total. The first-order chi connectivity index (χ1) is 15.4. The molecule has 0 aliphatic rings. The van der Waals surface area contributed by atoms with Gasteiger partial charge in [-0.15, -0.1) is 10.2 Å². The Morgan fingerprint density at radius 2 is 1.78 bits per heavy atom. The van der Waals surface area contributed by atoms with Gasteiger partial charge in [0.15, 0.2) is 11.0 Å². The highest BCUT2D eigenvalue weighted by Gasteiger charge is 2.20. The number of rotatable bonds is 9. The fraction of sp³-hybridized carbons (Fsp3) is 0.333. The number of anilines is 1. The number of carbonyl (C=O) groups excluding carboxylic acids is 2. The number of para-hydroxylation sites is 1. The molecule has 168 valence electrons. The highest BCUT2D eigenvalue weighted by Crippen LogP contribution is 2.22. The Hall–Kier alpha value is -3.13. The Balaban J connectivity index is 1.63. The molecule has 3 rings (SSSR count). The van der Waals surface area contributed by atoms with E-state index < -0.39 is 0 Å². The molecule has 3 aromatic rings. The molecule has 0 radical (unpaired) electrons. The number of nitrogens with zero attached hydrogens (tertiary/aromatic N) is 3. The van der Waals surface area contributed by atoms with Crippen LogP contribution in [-0.4, -0.2) is 32.3 Å². The summed E-state index contributed by atoms with van der Waals surface area (Å²) in [5, 5.41) is 15.1. The summed E-state index contributed by atoms with van der Waals surface area (Å²) in [5.41, 5.74) is 3.64. The summed E-state index contributed by atoms with van der Waals surface area (Å²) in [4.78, 5) is 25.0. The van der Waals surface area contributed by atoms with Crippen LogP contribution in [-0.2, 0) is 17.8 Å². The SMILES string of the molecule is CCc1ccccc1NC(=O)CSc1nnc([C@H](C)NC(=O)c2ccc(C)cc2)n1CC. The van der Waals surface area contributed by atoms with Crippen LogP contribution in [0.5, 0.6) is 0 Å². The van der Waals surface area contributed by atoms with Gasteiger partial charge in [-0.25, -0.2) is 0 Å². The van der Waals surface area contributed by atoms with Gasteiger partial charge in [-0.3, -0.25) is 9.59 Å². The van der Waals surface area contributed by atoms with Crippen molar-refractivity contribution in [1.82, 2.24) is 20.1 Å². The molecular weight excluding hydrogens is 422 g/mol. The Labute approximate surface area is 193 Å². The first kappa shape index (κ1) is 23.5. The second kappa shape index (κ2) is 10.9. The Morgan fingerprint density at radius 1 is 1.06 bits per heavy atom. The van der Waals surface area contributed by atoms with Crippen LogP contribution >= 0.6 is 11.8 Å². The van der Waals surface area contributed by atoms with Crippen LogP contribution in [0.3, 0.4) is 0 Å². The molecule has 1 aromatic heterocycles. The summed E-state index contributed by atoms with van der Waals surface area (Å²) in [6.07, 6.45) is 0.851. The predicted molar refractivity (Wildman–Crippen MR) is 128 cm³/mol. The maximum Gasteiger partial charge on any atom is 0.251 e. The van der Waals surface area contributed by atoms with Crippen LogP contribution in [0.1, 0.15) is 54.1 Å². The average molecular weight is 452 g/mol. The second-order valence-corrected chi connectivity index (χ2v) is 8.44. The molecule has 0 spiro atoms. The van der Waals surface area contributed by atoms with Crippen LogP contribution < -0.4 is 10.6 Å². The van der Waals surface area contributed by atoms with Gasteiger partial charge in [-0.2, -0.15) is 0 Å². The largest absolute Gasteiger partial charge is 0.342 e. The van der Waals surface area contributed by atoms with Crippen molar-refractivity contribution in [1.29, 1.82) is 0 Å². The highest BCUT2D eigenvalue weighted by atomic mass is 32.2. The number of hydrogen-bond donors (Lipinski definition) is 2. The molecule has 1 heterocycles. The number of nitrogens with one attached hydrogen (secondary N) is 2. The lowest BCUT2D eigenvalue weighted by Crippen LogP contribution is -2.28. The van der Waals surface area contributed by atoms with E-state index in [1.807, 2.05) is 61.7 Å². The molecule has 0 saturated heterocycles. The fourth-order valence-corrected chi connectivity index (χ4v) is 4.15. The van der Waals surface area contributed by atoms with Gasteiger partial charge < -0.3 is 15.2 Å². The quantitative estimate of drug-likeness (QED) is 0.471. The van der Waals surface area contributed by atoms with Gasteiger partial charge in [0, 0.05) is 17.8 Å². The van der Waals surface area contributed by atoms with Crippen molar-refractivity contribution in [2.45, 2.75) is 51.9 Å². The second-order valence-electron chi connectivity index (χ2n) is 7.49. The van der Waals surface area contributed by atoms with Crippen LogP contribution in [0.15, 0.2) is 53.7 Å². The molecular formula is C24H29N5O2S. The lowest BCUT2D eigenvalue weighted by molar-refractivity contribution is -0.113. The number of amides is 2. The van der Waals surface area contributed by atoms with Crippen LogP contribution in [0.4, 0.5) is 5.69 Å². The minimum absolute atomic E-state index is 0.0937. The van der Waals surface area contributed by atoms with Crippen LogP contribution in [0.2, 0.25) is 0 Å². The van der Waals surface area contributed by atoms with Gasteiger partial charge in [0.25, 0.3) is 5.91 Å². The van der Waals surface area contributed by atoms with E-state index in [0.29, 0.717) is 23.1 Å². The van der Waals surface area contributed by atoms with Gasteiger partial charge in [0.05, 0.1) is 11.8 Å². The van der Waals surface area contributed by atoms with Crippen molar-refractivity contribution in [2.75, 3.05) is 11.1 Å². The zero-order chi connectivity index (χ0) is 23.1. The van der Waals surface area contributed by atoms with E-state index in [4.69, 9.17) is 0 Å². The molecule has 1 atom stereocenters. The number of hydrogen-bond acceptors (Lipinski definition) is 5. The molecule has 0 unspecified atom stereocenters. The zero-order valence-electron chi connectivity index (χ0n) is 18.9. The van der Waals surface area contributed by atoms with Gasteiger partial charge >= 0.3 is 0 Å². The van der Waals surface area contributed by atoms with Crippen molar-refractivity contribution in [2.24, 2.45) is 0 Å². The molecule has 2 amide bonds. The minimum atomic E-state index is -0.323. The third kappa shape index (κ3) is 5.76. The molecule has 0 fully saturated rings. The molecule has 0 aliphatic carbocycles. The molecule has 2 N–H and O–H groups in total. The van der Waals surface area contributed by atoms with E-state index in [-0.39, 0.29) is 23.6 Å². The summed E-state index contributed by atoms with van der Waals surface area (Å²) in [7, 11) is 0. The van der Waals surface area contributed by atoms with E-state index in [1.165, 1.54) is 11.8 Å². The van der Waals surface area contributed by atoms with Gasteiger partial charge in [-0.05, 0) is 51.0 Å². The number of aryl methyl sites for hydroxylation is 2. The average Bonchev–Trinajstić information content (AvgIpc) is 3.21. The van der Waals surface area contributed by atoms with Gasteiger partial charge in [0.1, 0.15) is 0 Å². The summed E-state index contributed by atoms with van der Waals surface area (Å²) < 4.78 is 1.93. The zero-order valence-corrected chi connectivity index (χ0v) is 19.7. The van der Waals surface area contributed by atoms with Crippen molar-refractivity contribution in [3.8, 4) is 0 Å². The maximum absolute atomic E-state index is 12.6. The van der Waals surface area contributed by atoms with Crippen LogP contribution in [0.25, 0.3) is 0 Å². The summed E-state index contributed by atoms with van der Waals surface area (Å²) in [6, 6.07) is 14.9. The summed E-state index contributed by atoms with van der Waals surface area (Å²) in [5.74, 6) is 0.627. The minimum Gasteiger partial charge on any atom is -0.342 e. The molecule has 2 aromatic carbocycles. The van der Waals surface area contributed by atoms with Gasteiger partial charge in [0.2, 0.25) is 5.91 Å². The van der Waals surface area contributed by atoms with E-state index >= 15 is 0 Å². The normalized spacial score (nSPS) is 11.8. The lowest BCUT2D eigenvalue weighted by atomic mass is 10.1. The smallest absolute Gasteiger partial charge is 0.251 e. The standard InChI is InChI=1S/C24H29N5O2S/c1-5-18-9-7-8-10-20(18)26-21(30)15-32-24-28-27-22(29(24)6-2)17(4)25-23(31)19-13-11-16(3)12-14-19/h7-14,17H,5-6,15H2,1-4H3,(H,25,31)(H,26,30)/t17-/m0/s1. The third-order valence-electron chi connectivity index (χ3n) is 5.12. The maximum atomic E-state index is 12.6. The van der Waals surface area contributed by atoms with E-state index in [0.717, 1.165) is 23.2 Å². The van der Waals surface area contributed by atoms with E-state index in [2.05, 4.69) is 27.8 Å². The molecule has 0 aliphatic heterocycles. The van der Waals surface area contributed by atoms with Crippen molar-refractivity contribution < 1.29 is 9.59 Å². The third-order valence-corrected chi connectivity index (χ3v) is 6.08. The summed E-state index contributed by atoms with van der Waals surface area (Å²) >= 11 is 1.33. The van der Waals surface area contributed by atoms with Crippen molar-refractivity contribution in [3.63, 3.8) is 0 Å². The first-order valence-electron chi connectivity index (χ1n) is 10.7. The predicted octanol–water partition coefficient (Wildman–Crippen LogP) is 4.39. The topological polar surface area (TPSA) is 88.9 Å². The van der Waals surface area contributed by atoms with Crippen LogP contribution in [0, 0.1) is 6.92 Å². The van der Waals surface area contributed by atoms with Gasteiger partial charge in [-0.1, -0.05) is 54.6 Å². The Bertz CT molecular complexity index is 1080. The molecule has 0 bridgehead atoms. The number of aromatic nitrogens is 3. The molecule has 32 heavy (non-hydrogen) atoms. The lowest BCUT2D eigenvalue weighted by Gasteiger charge is -2.15. The highest BCUT2D eigenvalue weighted by molar-refractivity contribution is 7.99. The van der Waals surface area contributed by atoms with Crippen molar-refractivity contribution in [3.05, 3.63) is 71.0 Å². The summed E-state index contributed by atoms with van der Waals surface area (Å²) in [6.45, 7) is 8.55. The Kier molecular flexibility index (Phi) is 8.05. The Morgan fingerprint density at radius 3 is 2.47 bits per heavy atom. The fourth-order valence-electron chi connectivity index (χ4n) is 3.34.